The van der Waals surface area contributed by atoms with Crippen LogP contribution in [0.15, 0.2) is 48.4 Å². The van der Waals surface area contributed by atoms with E-state index in [0.717, 1.165) is 31.9 Å². The number of hydrogen-bond acceptors (Lipinski definition) is 6. The van der Waals surface area contributed by atoms with Gasteiger partial charge in [-0.1, -0.05) is 30.6 Å². The molecule has 3 N–H and O–H groups in total. The first-order chi connectivity index (χ1) is 13.4. The topological polar surface area (TPSA) is 91.3 Å². The average molecular weight is 414 g/mol. The lowest BCUT2D eigenvalue weighted by Gasteiger charge is -2.05. The fourth-order valence-electron chi connectivity index (χ4n) is 2.47. The Bertz CT molecular complexity index is 1170. The Balaban J connectivity index is 1.58. The van der Waals surface area contributed by atoms with E-state index in [1.165, 1.54) is 11.3 Å². The van der Waals surface area contributed by atoms with Crippen molar-refractivity contribution in [3.05, 3.63) is 64.5 Å². The standard InChI is InChI=1S/C20H19N3O3S2/c1-3-28(25,26)22-13-15-6-8-17(9-7-15)21-10-4-5-16-11-18(24)20-19(12-16)27-14(2)23-20/h3,6-9,11-12,21-22,24H,1,10,13H2,2H3. The molecule has 2 aromatic carbocycles. The lowest BCUT2D eigenvalue weighted by Crippen LogP contribution is -2.20. The van der Waals surface area contributed by atoms with Gasteiger partial charge in [0.15, 0.2) is 0 Å². The van der Waals surface area contributed by atoms with Gasteiger partial charge in [0.2, 0.25) is 10.0 Å². The van der Waals surface area contributed by atoms with Gasteiger partial charge in [-0.25, -0.2) is 18.1 Å². The SMILES string of the molecule is C=CS(=O)(=O)NCc1ccc(NCC#Cc2cc(O)c3nc(C)sc3c2)cc1. The van der Waals surface area contributed by atoms with Gasteiger partial charge in [-0.3, -0.25) is 0 Å². The Morgan fingerprint density at radius 1 is 1.29 bits per heavy atom. The molecule has 0 radical (unpaired) electrons. The van der Waals surface area contributed by atoms with Gasteiger partial charge in [-0.05, 0) is 36.8 Å². The number of aromatic hydroxyl groups is 1. The zero-order valence-electron chi connectivity index (χ0n) is 15.2. The molecule has 0 aliphatic rings. The van der Waals surface area contributed by atoms with Gasteiger partial charge in [0.25, 0.3) is 0 Å². The summed E-state index contributed by atoms with van der Waals surface area (Å²) < 4.78 is 26.0. The van der Waals surface area contributed by atoms with Gasteiger partial charge < -0.3 is 10.4 Å². The van der Waals surface area contributed by atoms with Crippen molar-refractivity contribution in [2.75, 3.05) is 11.9 Å². The lowest BCUT2D eigenvalue weighted by atomic mass is 10.2. The van der Waals surface area contributed by atoms with Crippen LogP contribution in [0, 0.1) is 18.8 Å². The molecule has 0 saturated heterocycles. The number of phenolic OH excluding ortho intramolecular Hbond substituents is 1. The summed E-state index contributed by atoms with van der Waals surface area (Å²) >= 11 is 1.52. The Morgan fingerprint density at radius 2 is 2.04 bits per heavy atom. The van der Waals surface area contributed by atoms with E-state index < -0.39 is 10.0 Å². The highest BCUT2D eigenvalue weighted by Gasteiger charge is 2.06. The molecular weight excluding hydrogens is 394 g/mol. The summed E-state index contributed by atoms with van der Waals surface area (Å²) in [4.78, 5) is 4.29. The molecule has 3 aromatic rings. The van der Waals surface area contributed by atoms with Crippen LogP contribution < -0.4 is 10.0 Å². The van der Waals surface area contributed by atoms with E-state index in [1.54, 1.807) is 6.07 Å². The number of nitrogens with zero attached hydrogens (tertiary/aromatic N) is 1. The number of aromatic nitrogens is 1. The molecule has 3 rings (SSSR count). The van der Waals surface area contributed by atoms with Gasteiger partial charge in [-0.15, -0.1) is 11.3 Å². The minimum absolute atomic E-state index is 0.141. The summed E-state index contributed by atoms with van der Waals surface area (Å²) in [6.45, 7) is 5.79. The summed E-state index contributed by atoms with van der Waals surface area (Å²) in [6.07, 6.45) is 0. The first-order valence-electron chi connectivity index (χ1n) is 8.40. The predicted molar refractivity (Wildman–Crippen MR) is 114 cm³/mol. The van der Waals surface area contributed by atoms with Gasteiger partial charge in [0.05, 0.1) is 16.3 Å². The fraction of sp³-hybridized carbons (Fsp3) is 0.150. The van der Waals surface area contributed by atoms with E-state index in [4.69, 9.17) is 0 Å². The van der Waals surface area contributed by atoms with Crippen molar-refractivity contribution in [2.24, 2.45) is 0 Å². The molecule has 0 aliphatic heterocycles. The first kappa shape index (κ1) is 19.9. The summed E-state index contributed by atoms with van der Waals surface area (Å²) in [5.41, 5.74) is 3.06. The summed E-state index contributed by atoms with van der Waals surface area (Å²) in [7, 11) is -3.43. The fourth-order valence-corrected chi connectivity index (χ4v) is 3.84. The van der Waals surface area contributed by atoms with Crippen molar-refractivity contribution in [2.45, 2.75) is 13.5 Å². The van der Waals surface area contributed by atoms with Crippen LogP contribution in [-0.2, 0) is 16.6 Å². The maximum atomic E-state index is 11.4. The molecule has 1 aromatic heterocycles. The van der Waals surface area contributed by atoms with Gasteiger partial charge in [0, 0.05) is 23.2 Å². The van der Waals surface area contributed by atoms with Crippen LogP contribution in [0.5, 0.6) is 5.75 Å². The van der Waals surface area contributed by atoms with Gasteiger partial charge in [0.1, 0.15) is 11.3 Å². The number of phenols is 1. The zero-order chi connectivity index (χ0) is 20.1. The molecule has 6 nitrogen and oxygen atoms in total. The quantitative estimate of drug-likeness (QED) is 0.539. The minimum Gasteiger partial charge on any atom is -0.506 e. The average Bonchev–Trinajstić information content (AvgIpc) is 3.05. The molecule has 0 saturated carbocycles. The number of sulfonamides is 1. The van der Waals surface area contributed by atoms with Gasteiger partial charge in [-0.2, -0.15) is 0 Å². The summed E-state index contributed by atoms with van der Waals surface area (Å²) in [5, 5.41) is 15.0. The monoisotopic (exact) mass is 413 g/mol. The minimum atomic E-state index is -3.43. The number of nitrogens with one attached hydrogen (secondary N) is 2. The van der Waals surface area contributed by atoms with Crippen LogP contribution in [0.25, 0.3) is 10.2 Å². The summed E-state index contributed by atoms with van der Waals surface area (Å²) in [6, 6.07) is 10.9. The molecule has 0 fully saturated rings. The molecule has 1 heterocycles. The van der Waals surface area contributed by atoms with E-state index in [-0.39, 0.29) is 12.3 Å². The molecule has 0 unspecified atom stereocenters. The van der Waals surface area contributed by atoms with Crippen LogP contribution in [0.4, 0.5) is 5.69 Å². The Morgan fingerprint density at radius 3 is 2.75 bits per heavy atom. The largest absolute Gasteiger partial charge is 0.506 e. The molecule has 0 spiro atoms. The number of anilines is 1. The number of rotatable bonds is 6. The summed E-state index contributed by atoms with van der Waals surface area (Å²) in [5.74, 6) is 6.20. The maximum Gasteiger partial charge on any atom is 0.233 e. The second-order valence-electron chi connectivity index (χ2n) is 5.96. The highest BCUT2D eigenvalue weighted by atomic mass is 32.2. The zero-order valence-corrected chi connectivity index (χ0v) is 16.8. The third-order valence-corrected chi connectivity index (χ3v) is 5.75. The van der Waals surface area contributed by atoms with Crippen LogP contribution in [0.1, 0.15) is 16.1 Å². The van der Waals surface area contributed by atoms with Crippen molar-refractivity contribution in [3.8, 4) is 17.6 Å². The Hall–Kier alpha value is -2.86. The molecule has 0 aliphatic carbocycles. The predicted octanol–water partition coefficient (Wildman–Crippen LogP) is 3.34. The number of fused-ring (bicyclic) bond motifs is 1. The Kier molecular flexibility index (Phi) is 5.99. The van der Waals surface area contributed by atoms with Crippen molar-refractivity contribution in [1.82, 2.24) is 9.71 Å². The molecule has 144 valence electrons. The first-order valence-corrected chi connectivity index (χ1v) is 10.8. The second kappa shape index (κ2) is 8.44. The molecule has 0 bridgehead atoms. The van der Waals surface area contributed by atoms with E-state index in [9.17, 15) is 13.5 Å². The molecule has 0 atom stereocenters. The van der Waals surface area contributed by atoms with E-state index >= 15 is 0 Å². The van der Waals surface area contributed by atoms with E-state index in [1.807, 2.05) is 37.3 Å². The Labute approximate surface area is 168 Å². The third kappa shape index (κ3) is 5.10. The van der Waals surface area contributed by atoms with Crippen molar-refractivity contribution in [3.63, 3.8) is 0 Å². The molecule has 0 amide bonds. The number of thiazole rings is 1. The van der Waals surface area contributed by atoms with E-state index in [0.29, 0.717) is 12.1 Å². The molecule has 8 heteroatoms. The highest BCUT2D eigenvalue weighted by molar-refractivity contribution is 7.92. The second-order valence-corrected chi connectivity index (χ2v) is 8.91. The van der Waals surface area contributed by atoms with Crippen LogP contribution in [0.3, 0.4) is 0 Å². The number of hydrogen-bond donors (Lipinski definition) is 3. The highest BCUT2D eigenvalue weighted by Crippen LogP contribution is 2.30. The van der Waals surface area contributed by atoms with Crippen molar-refractivity contribution in [1.29, 1.82) is 0 Å². The van der Waals surface area contributed by atoms with Crippen LogP contribution in [0.2, 0.25) is 0 Å². The van der Waals surface area contributed by atoms with E-state index in [2.05, 4.69) is 33.4 Å². The number of benzene rings is 2. The normalized spacial score (nSPS) is 11.0. The van der Waals surface area contributed by atoms with Crippen molar-refractivity contribution >= 4 is 37.3 Å². The molecule has 28 heavy (non-hydrogen) atoms. The van der Waals surface area contributed by atoms with Crippen molar-refractivity contribution < 1.29 is 13.5 Å². The third-order valence-electron chi connectivity index (χ3n) is 3.85. The van der Waals surface area contributed by atoms with Crippen LogP contribution >= 0.6 is 11.3 Å². The smallest absolute Gasteiger partial charge is 0.233 e. The lowest BCUT2D eigenvalue weighted by molar-refractivity contribution is 0.480. The maximum absolute atomic E-state index is 11.4. The molecular formula is C20H19N3O3S2. The van der Waals surface area contributed by atoms with Crippen LogP contribution in [-0.4, -0.2) is 25.1 Å². The van der Waals surface area contributed by atoms with Gasteiger partial charge >= 0.3 is 0 Å². The number of aryl methyl sites for hydroxylation is 1.